The number of hydrogen-bond acceptors (Lipinski definition) is 4. The molecular formula is C17H23NO4S. The van der Waals surface area contributed by atoms with Crippen molar-refractivity contribution in [2.45, 2.75) is 57.6 Å². The highest BCUT2D eigenvalue weighted by Crippen LogP contribution is 2.37. The zero-order chi connectivity index (χ0) is 17.3. The van der Waals surface area contributed by atoms with Crippen LogP contribution in [-0.4, -0.2) is 44.6 Å². The van der Waals surface area contributed by atoms with E-state index in [2.05, 4.69) is 0 Å². The van der Waals surface area contributed by atoms with Crippen LogP contribution >= 0.6 is 12.2 Å². The van der Waals surface area contributed by atoms with E-state index in [1.807, 2.05) is 18.2 Å². The van der Waals surface area contributed by atoms with Crippen LogP contribution in [0.15, 0.2) is 23.8 Å². The number of ether oxygens (including phenoxy) is 1. The first-order valence-electron chi connectivity index (χ1n) is 7.79. The van der Waals surface area contributed by atoms with Crippen LogP contribution in [0, 0.1) is 0 Å². The van der Waals surface area contributed by atoms with Crippen molar-refractivity contribution in [2.75, 3.05) is 6.54 Å². The molecule has 1 fully saturated rings. The van der Waals surface area contributed by atoms with Crippen LogP contribution in [-0.2, 0) is 9.53 Å². The lowest BCUT2D eigenvalue weighted by Gasteiger charge is -2.36. The van der Waals surface area contributed by atoms with Gasteiger partial charge in [-0.2, -0.15) is 0 Å². The fraction of sp³-hybridized carbons (Fsp3) is 0.588. The number of likely N-dealkylation sites (tertiary alicyclic amines) is 1. The first kappa shape index (κ1) is 17.7. The Kier molecular flexibility index (Phi) is 4.94. The third-order valence-corrected chi connectivity index (χ3v) is 4.51. The lowest BCUT2D eigenvalue weighted by atomic mass is 9.85. The van der Waals surface area contributed by atoms with Gasteiger partial charge in [-0.3, -0.25) is 4.90 Å². The minimum Gasteiger partial charge on any atom is -0.479 e. The van der Waals surface area contributed by atoms with Crippen LogP contribution in [0.4, 0.5) is 4.79 Å². The average molecular weight is 337 g/mol. The number of aliphatic carboxylic acids is 1. The molecule has 0 aromatic heterocycles. The molecule has 6 heteroatoms. The van der Waals surface area contributed by atoms with Gasteiger partial charge in [0.2, 0.25) is 0 Å². The highest BCUT2D eigenvalue weighted by atomic mass is 32.1. The molecule has 2 rings (SSSR count). The molecule has 1 N–H and O–H groups in total. The van der Waals surface area contributed by atoms with Gasteiger partial charge in [-0.05, 0) is 39.2 Å². The van der Waals surface area contributed by atoms with Crippen molar-refractivity contribution in [2.24, 2.45) is 0 Å². The predicted molar refractivity (Wildman–Crippen MR) is 91.6 cm³/mol. The number of hydrogen-bond donors (Lipinski definition) is 1. The molecule has 0 aromatic rings. The van der Waals surface area contributed by atoms with Gasteiger partial charge in [0.1, 0.15) is 11.1 Å². The summed E-state index contributed by atoms with van der Waals surface area (Å²) < 4.78 is 5.40. The van der Waals surface area contributed by atoms with E-state index >= 15 is 0 Å². The molecule has 1 saturated heterocycles. The van der Waals surface area contributed by atoms with Crippen molar-refractivity contribution in [3.63, 3.8) is 0 Å². The van der Waals surface area contributed by atoms with Gasteiger partial charge in [0, 0.05) is 24.3 Å². The first-order valence-corrected chi connectivity index (χ1v) is 8.19. The van der Waals surface area contributed by atoms with Gasteiger partial charge < -0.3 is 9.84 Å². The molecule has 0 aromatic carbocycles. The highest BCUT2D eigenvalue weighted by molar-refractivity contribution is 7.80. The molecule has 1 amide bonds. The van der Waals surface area contributed by atoms with E-state index in [0.717, 1.165) is 10.4 Å². The summed E-state index contributed by atoms with van der Waals surface area (Å²) in [5.41, 5.74) is -1.12. The number of carbonyl (C=O) groups is 2. The smallest absolute Gasteiger partial charge is 0.411 e. The Labute approximate surface area is 142 Å². The molecule has 1 atom stereocenters. The summed E-state index contributed by atoms with van der Waals surface area (Å²) in [5.74, 6) is -1.00. The van der Waals surface area contributed by atoms with E-state index in [-0.39, 0.29) is 6.42 Å². The van der Waals surface area contributed by atoms with Crippen LogP contribution < -0.4 is 0 Å². The number of carbonyl (C=O) groups excluding carboxylic acids is 1. The SMILES string of the molecule is CC(C)(C)OC(=O)N1CCC[C@]1(CC1=CC=CCC1=S)C(=O)O. The molecule has 23 heavy (non-hydrogen) atoms. The van der Waals surface area contributed by atoms with E-state index in [4.69, 9.17) is 17.0 Å². The standard InChI is InChI=1S/C17H23NO4S/c1-16(2,3)22-15(21)18-10-6-9-17(18,14(19)20)11-12-7-4-5-8-13(12)23/h4-5,7H,6,8-11H2,1-3H3,(H,19,20)/t17-/m0/s1. The molecular weight excluding hydrogens is 314 g/mol. The van der Waals surface area contributed by atoms with Crippen molar-refractivity contribution in [3.8, 4) is 0 Å². The minimum atomic E-state index is -1.27. The van der Waals surface area contributed by atoms with Crippen molar-refractivity contribution in [3.05, 3.63) is 23.8 Å². The van der Waals surface area contributed by atoms with Gasteiger partial charge in [-0.25, -0.2) is 9.59 Å². The second kappa shape index (κ2) is 6.43. The summed E-state index contributed by atoms with van der Waals surface area (Å²) in [6.45, 7) is 5.70. The van der Waals surface area contributed by atoms with E-state index < -0.39 is 23.2 Å². The van der Waals surface area contributed by atoms with E-state index in [0.29, 0.717) is 25.8 Å². The topological polar surface area (TPSA) is 66.8 Å². The number of nitrogens with zero attached hydrogens (tertiary/aromatic N) is 1. The van der Waals surface area contributed by atoms with E-state index in [1.165, 1.54) is 4.90 Å². The van der Waals surface area contributed by atoms with Gasteiger partial charge in [0.25, 0.3) is 0 Å². The van der Waals surface area contributed by atoms with Crippen LogP contribution in [0.3, 0.4) is 0 Å². The van der Waals surface area contributed by atoms with Crippen molar-refractivity contribution in [1.82, 2.24) is 4.90 Å². The Morgan fingerprint density at radius 1 is 1.43 bits per heavy atom. The zero-order valence-electron chi connectivity index (χ0n) is 13.8. The van der Waals surface area contributed by atoms with E-state index in [9.17, 15) is 14.7 Å². The second-order valence-electron chi connectivity index (χ2n) is 7.00. The molecule has 0 saturated carbocycles. The second-order valence-corrected chi connectivity index (χ2v) is 7.49. The number of rotatable bonds is 3. The Morgan fingerprint density at radius 2 is 2.13 bits per heavy atom. The maximum Gasteiger partial charge on any atom is 0.411 e. The monoisotopic (exact) mass is 337 g/mol. The molecule has 126 valence electrons. The molecule has 0 bridgehead atoms. The number of carboxylic acid groups (broad SMARTS) is 1. The fourth-order valence-electron chi connectivity index (χ4n) is 3.00. The Morgan fingerprint density at radius 3 is 2.70 bits per heavy atom. The third-order valence-electron chi connectivity index (χ3n) is 4.08. The predicted octanol–water partition coefficient (Wildman–Crippen LogP) is 3.49. The molecule has 0 spiro atoms. The highest BCUT2D eigenvalue weighted by Gasteiger charge is 2.51. The number of amides is 1. The van der Waals surface area contributed by atoms with Gasteiger partial charge >= 0.3 is 12.1 Å². The fourth-order valence-corrected chi connectivity index (χ4v) is 3.24. The maximum absolute atomic E-state index is 12.5. The minimum absolute atomic E-state index is 0.227. The van der Waals surface area contributed by atoms with Gasteiger partial charge in [-0.15, -0.1) is 0 Å². The Hall–Kier alpha value is -1.69. The van der Waals surface area contributed by atoms with Crippen LogP contribution in [0.5, 0.6) is 0 Å². The summed E-state index contributed by atoms with van der Waals surface area (Å²) in [4.78, 5) is 26.6. The quantitative estimate of drug-likeness (QED) is 0.799. The van der Waals surface area contributed by atoms with Crippen LogP contribution in [0.25, 0.3) is 0 Å². The molecule has 2 aliphatic rings. The Bertz CT molecular complexity index is 588. The summed E-state index contributed by atoms with van der Waals surface area (Å²) >= 11 is 5.34. The van der Waals surface area contributed by atoms with Crippen molar-refractivity contribution in [1.29, 1.82) is 0 Å². The normalized spacial score (nSPS) is 24.6. The molecule has 1 heterocycles. The molecule has 1 aliphatic heterocycles. The number of thiocarbonyl (C=S) groups is 1. The van der Waals surface area contributed by atoms with Crippen molar-refractivity contribution < 1.29 is 19.4 Å². The Balaban J connectivity index is 2.29. The summed E-state index contributed by atoms with van der Waals surface area (Å²) in [6, 6.07) is 0. The van der Waals surface area contributed by atoms with E-state index in [1.54, 1.807) is 20.8 Å². The molecule has 0 unspecified atom stereocenters. The van der Waals surface area contributed by atoms with Crippen LogP contribution in [0.2, 0.25) is 0 Å². The lowest BCUT2D eigenvalue weighted by molar-refractivity contribution is -0.149. The number of allylic oxidation sites excluding steroid dienone is 3. The average Bonchev–Trinajstić information content (AvgIpc) is 2.84. The summed E-state index contributed by atoms with van der Waals surface area (Å²) in [6.07, 6.45) is 7.02. The third kappa shape index (κ3) is 3.80. The van der Waals surface area contributed by atoms with Crippen molar-refractivity contribution >= 4 is 29.1 Å². The lowest BCUT2D eigenvalue weighted by Crippen LogP contribution is -2.54. The molecule has 5 nitrogen and oxygen atoms in total. The molecule has 0 radical (unpaired) electrons. The molecule has 1 aliphatic carbocycles. The van der Waals surface area contributed by atoms with Gasteiger partial charge in [-0.1, -0.05) is 30.4 Å². The van der Waals surface area contributed by atoms with Gasteiger partial charge in [0.15, 0.2) is 0 Å². The van der Waals surface area contributed by atoms with Crippen LogP contribution in [0.1, 0.15) is 46.5 Å². The first-order chi connectivity index (χ1) is 10.7. The summed E-state index contributed by atoms with van der Waals surface area (Å²) in [7, 11) is 0. The largest absolute Gasteiger partial charge is 0.479 e. The maximum atomic E-state index is 12.5. The number of carboxylic acids is 1. The van der Waals surface area contributed by atoms with Gasteiger partial charge in [0.05, 0.1) is 0 Å². The summed E-state index contributed by atoms with van der Waals surface area (Å²) in [5, 5.41) is 9.86. The zero-order valence-corrected chi connectivity index (χ0v) is 14.6.